The number of esters is 1. The molecule has 1 atom stereocenters. The molecule has 0 saturated heterocycles. The van der Waals surface area contributed by atoms with Gasteiger partial charge in [-0.25, -0.2) is 0 Å². The van der Waals surface area contributed by atoms with E-state index in [-0.39, 0.29) is 25.1 Å². The van der Waals surface area contributed by atoms with Crippen LogP contribution in [0.25, 0.3) is 0 Å². The number of carboxylic acids is 1. The summed E-state index contributed by atoms with van der Waals surface area (Å²) >= 11 is 0. The van der Waals surface area contributed by atoms with E-state index in [4.69, 9.17) is 19.3 Å². The van der Waals surface area contributed by atoms with Crippen molar-refractivity contribution in [2.75, 3.05) is 34.4 Å². The summed E-state index contributed by atoms with van der Waals surface area (Å²) in [5.74, 6) is 0.622. The first-order chi connectivity index (χ1) is 16.9. The van der Waals surface area contributed by atoms with Crippen LogP contribution in [0, 0.1) is 0 Å². The Kier molecular flexibility index (Phi) is 12.7. The van der Waals surface area contributed by atoms with Gasteiger partial charge in [-0.2, -0.15) is 0 Å². The predicted molar refractivity (Wildman–Crippen MR) is 136 cm³/mol. The molecule has 2 rings (SSSR count). The Hall–Kier alpha value is -3.06. The Bertz CT molecular complexity index is 914. The second-order valence-electron chi connectivity index (χ2n) is 8.95. The van der Waals surface area contributed by atoms with Crippen LogP contribution in [-0.2, 0) is 27.2 Å². The second kappa shape index (κ2) is 15.8. The molecule has 0 radical (unpaired) electrons. The second-order valence-corrected chi connectivity index (χ2v) is 8.95. The SMILES string of the molecule is COc1cccc(CCc2ccccc2OCC(CN(C)C)OC(=O)CCCCCCC(=O)O)c1. The van der Waals surface area contributed by atoms with Crippen molar-refractivity contribution < 1.29 is 28.9 Å². The van der Waals surface area contributed by atoms with E-state index < -0.39 is 5.97 Å². The summed E-state index contributed by atoms with van der Waals surface area (Å²) in [6.07, 6.45) is 4.76. The summed E-state index contributed by atoms with van der Waals surface area (Å²) in [6.45, 7) is 0.842. The lowest BCUT2D eigenvalue weighted by Crippen LogP contribution is -2.35. The molecule has 0 saturated carbocycles. The van der Waals surface area contributed by atoms with Crippen molar-refractivity contribution in [3.63, 3.8) is 0 Å². The molecule has 1 unspecified atom stereocenters. The average Bonchev–Trinajstić information content (AvgIpc) is 2.83. The van der Waals surface area contributed by atoms with E-state index in [0.29, 0.717) is 25.8 Å². The molecule has 0 bridgehead atoms. The number of hydrogen-bond donors (Lipinski definition) is 1. The number of aryl methyl sites for hydroxylation is 2. The standard InChI is InChI=1S/C28H39NO6/c1-29(2)20-25(35-28(32)16-7-5-4-6-15-27(30)31)21-34-26-14-9-8-12-23(26)18-17-22-11-10-13-24(19-22)33-3/h8-14,19,25H,4-7,15-18,20-21H2,1-3H3,(H,30,31). The van der Waals surface area contributed by atoms with Gasteiger partial charge in [0.25, 0.3) is 0 Å². The average molecular weight is 486 g/mol. The zero-order chi connectivity index (χ0) is 25.5. The lowest BCUT2D eigenvalue weighted by Gasteiger charge is -2.22. The molecule has 192 valence electrons. The van der Waals surface area contributed by atoms with Gasteiger partial charge in [0.05, 0.1) is 7.11 Å². The Morgan fingerprint density at radius 2 is 1.69 bits per heavy atom. The van der Waals surface area contributed by atoms with Gasteiger partial charge >= 0.3 is 11.9 Å². The predicted octanol–water partition coefficient (Wildman–Crippen LogP) is 4.76. The van der Waals surface area contributed by atoms with Gasteiger partial charge in [0.1, 0.15) is 24.2 Å². The molecular weight excluding hydrogens is 446 g/mol. The van der Waals surface area contributed by atoms with E-state index in [2.05, 4.69) is 12.1 Å². The highest BCUT2D eigenvalue weighted by molar-refractivity contribution is 5.69. The van der Waals surface area contributed by atoms with Crippen molar-refractivity contribution in [2.45, 2.75) is 57.5 Å². The molecule has 7 heteroatoms. The Morgan fingerprint density at radius 3 is 2.40 bits per heavy atom. The van der Waals surface area contributed by atoms with Gasteiger partial charge in [0.2, 0.25) is 0 Å². The number of rotatable bonds is 17. The van der Waals surface area contributed by atoms with Crippen LogP contribution in [0.1, 0.15) is 49.7 Å². The Balaban J connectivity index is 1.86. The lowest BCUT2D eigenvalue weighted by molar-refractivity contribution is -0.151. The number of aliphatic carboxylic acids is 1. The fourth-order valence-electron chi connectivity index (χ4n) is 3.82. The molecular formula is C28H39NO6. The highest BCUT2D eigenvalue weighted by Gasteiger charge is 2.17. The van der Waals surface area contributed by atoms with Crippen molar-refractivity contribution in [2.24, 2.45) is 0 Å². The third-order valence-electron chi connectivity index (χ3n) is 5.60. The Morgan fingerprint density at radius 1 is 0.943 bits per heavy atom. The number of carboxylic acid groups (broad SMARTS) is 1. The van der Waals surface area contributed by atoms with Gasteiger partial charge in [0, 0.05) is 19.4 Å². The minimum Gasteiger partial charge on any atom is -0.497 e. The maximum absolute atomic E-state index is 12.4. The smallest absolute Gasteiger partial charge is 0.306 e. The van der Waals surface area contributed by atoms with E-state index >= 15 is 0 Å². The zero-order valence-electron chi connectivity index (χ0n) is 21.2. The van der Waals surface area contributed by atoms with Gasteiger partial charge < -0.3 is 24.2 Å². The molecule has 2 aromatic rings. The van der Waals surface area contributed by atoms with Crippen LogP contribution in [0.5, 0.6) is 11.5 Å². The molecule has 2 aromatic carbocycles. The largest absolute Gasteiger partial charge is 0.497 e. The monoisotopic (exact) mass is 485 g/mol. The minimum absolute atomic E-state index is 0.174. The molecule has 0 aliphatic heterocycles. The molecule has 0 aromatic heterocycles. The number of carbonyl (C=O) groups excluding carboxylic acids is 1. The number of carbonyl (C=O) groups is 2. The number of nitrogens with zero attached hydrogens (tertiary/aromatic N) is 1. The maximum atomic E-state index is 12.4. The Labute approximate surface area is 209 Å². The highest BCUT2D eigenvalue weighted by atomic mass is 16.6. The van der Waals surface area contributed by atoms with Crippen molar-refractivity contribution in [3.05, 3.63) is 59.7 Å². The van der Waals surface area contributed by atoms with E-state index in [1.807, 2.05) is 55.4 Å². The van der Waals surface area contributed by atoms with Crippen molar-refractivity contribution in [3.8, 4) is 11.5 Å². The van der Waals surface area contributed by atoms with Gasteiger partial charge in [-0.05, 0) is 69.1 Å². The topological polar surface area (TPSA) is 85.3 Å². The van der Waals surface area contributed by atoms with E-state index in [9.17, 15) is 9.59 Å². The summed E-state index contributed by atoms with van der Waals surface area (Å²) < 4.78 is 17.2. The van der Waals surface area contributed by atoms with Gasteiger partial charge in [-0.3, -0.25) is 9.59 Å². The van der Waals surface area contributed by atoms with E-state index in [0.717, 1.165) is 42.7 Å². The van der Waals surface area contributed by atoms with Gasteiger partial charge in [0.15, 0.2) is 0 Å². The van der Waals surface area contributed by atoms with Crippen molar-refractivity contribution >= 4 is 11.9 Å². The van der Waals surface area contributed by atoms with Gasteiger partial charge in [-0.1, -0.05) is 43.2 Å². The molecule has 35 heavy (non-hydrogen) atoms. The molecule has 0 fully saturated rings. The zero-order valence-corrected chi connectivity index (χ0v) is 21.2. The van der Waals surface area contributed by atoms with Crippen LogP contribution in [0.3, 0.4) is 0 Å². The maximum Gasteiger partial charge on any atom is 0.306 e. The van der Waals surface area contributed by atoms with Crippen molar-refractivity contribution in [1.82, 2.24) is 4.90 Å². The van der Waals surface area contributed by atoms with Crippen LogP contribution < -0.4 is 9.47 Å². The van der Waals surface area contributed by atoms with Crippen molar-refractivity contribution in [1.29, 1.82) is 0 Å². The molecule has 0 aliphatic carbocycles. The number of likely N-dealkylation sites (N-methyl/N-ethyl adjacent to an activating group) is 1. The minimum atomic E-state index is -0.780. The lowest BCUT2D eigenvalue weighted by atomic mass is 10.0. The number of methoxy groups -OCH3 is 1. The van der Waals surface area contributed by atoms with Gasteiger partial charge in [-0.15, -0.1) is 0 Å². The molecule has 0 aliphatic rings. The first kappa shape index (κ1) is 28.2. The third-order valence-corrected chi connectivity index (χ3v) is 5.60. The number of unbranched alkanes of at least 4 members (excludes halogenated alkanes) is 3. The highest BCUT2D eigenvalue weighted by Crippen LogP contribution is 2.22. The summed E-state index contributed by atoms with van der Waals surface area (Å²) in [7, 11) is 5.54. The summed E-state index contributed by atoms with van der Waals surface area (Å²) in [5, 5.41) is 8.69. The van der Waals surface area contributed by atoms with Crippen LogP contribution in [0.4, 0.5) is 0 Å². The molecule has 0 amide bonds. The number of benzene rings is 2. The molecule has 1 N–H and O–H groups in total. The van der Waals surface area contributed by atoms with E-state index in [1.165, 1.54) is 5.56 Å². The van der Waals surface area contributed by atoms with Crippen LogP contribution in [-0.4, -0.2) is 62.4 Å². The molecule has 0 spiro atoms. The molecule has 7 nitrogen and oxygen atoms in total. The van der Waals surface area contributed by atoms with Crippen LogP contribution in [0.2, 0.25) is 0 Å². The third kappa shape index (κ3) is 11.8. The first-order valence-electron chi connectivity index (χ1n) is 12.3. The number of ether oxygens (including phenoxy) is 3. The summed E-state index contributed by atoms with van der Waals surface area (Å²) in [4.78, 5) is 24.9. The van der Waals surface area contributed by atoms with E-state index in [1.54, 1.807) is 7.11 Å². The summed E-state index contributed by atoms with van der Waals surface area (Å²) in [5.41, 5.74) is 2.30. The number of hydrogen-bond acceptors (Lipinski definition) is 6. The van der Waals surface area contributed by atoms with Crippen LogP contribution >= 0.6 is 0 Å². The molecule has 0 heterocycles. The summed E-state index contributed by atoms with van der Waals surface area (Å²) in [6, 6.07) is 16.0. The normalized spacial score (nSPS) is 11.8. The number of para-hydroxylation sites is 1. The van der Waals surface area contributed by atoms with Crippen LogP contribution in [0.15, 0.2) is 48.5 Å². The quantitative estimate of drug-likeness (QED) is 0.255. The fourth-order valence-corrected chi connectivity index (χ4v) is 3.82. The fraction of sp³-hybridized carbons (Fsp3) is 0.500. The first-order valence-corrected chi connectivity index (χ1v) is 12.3.